The van der Waals surface area contributed by atoms with Gasteiger partial charge in [0.2, 0.25) is 6.10 Å². The van der Waals surface area contributed by atoms with Crippen molar-refractivity contribution in [2.45, 2.75) is 32.3 Å². The molecule has 2 aromatic carbocycles. The van der Waals surface area contributed by atoms with E-state index in [0.29, 0.717) is 0 Å². The highest BCUT2D eigenvalue weighted by Crippen LogP contribution is 2.21. The highest BCUT2D eigenvalue weighted by atomic mass is 16.6. The normalized spacial score (nSPS) is 15.7. The number of anilines is 2. The molecule has 1 aliphatic heterocycles. The topological polar surface area (TPSA) is 53.9 Å². The monoisotopic (exact) mass is 351 g/mol. The first-order valence-electron chi connectivity index (χ1n) is 9.12. The summed E-state index contributed by atoms with van der Waals surface area (Å²) < 4.78 is 0. The summed E-state index contributed by atoms with van der Waals surface area (Å²) in [5.74, 6) is -0.221. The molecule has 0 aliphatic carbocycles. The van der Waals surface area contributed by atoms with Crippen molar-refractivity contribution in [1.82, 2.24) is 0 Å². The van der Waals surface area contributed by atoms with E-state index in [1.165, 1.54) is 24.9 Å². The van der Waals surface area contributed by atoms with Crippen molar-refractivity contribution in [1.29, 1.82) is 0 Å². The Kier molecular flexibility index (Phi) is 6.25. The van der Waals surface area contributed by atoms with E-state index in [2.05, 4.69) is 27.5 Å². The van der Waals surface area contributed by atoms with E-state index in [-0.39, 0.29) is 5.91 Å². The third-order valence-electron chi connectivity index (χ3n) is 4.45. The molecule has 5 heteroatoms. The van der Waals surface area contributed by atoms with Gasteiger partial charge in [-0.15, -0.1) is 0 Å². The van der Waals surface area contributed by atoms with Gasteiger partial charge in [-0.3, -0.25) is 4.79 Å². The zero-order chi connectivity index (χ0) is 18.2. The zero-order valence-electron chi connectivity index (χ0n) is 15.1. The Morgan fingerprint density at radius 2 is 1.77 bits per heavy atom. The molecule has 1 amide bonds. The van der Waals surface area contributed by atoms with Crippen LogP contribution in [0, 0.1) is 0 Å². The van der Waals surface area contributed by atoms with Gasteiger partial charge in [0.25, 0.3) is 5.91 Å². The van der Waals surface area contributed by atoms with Crippen LogP contribution in [0.25, 0.3) is 0 Å². The molecule has 0 radical (unpaired) electrons. The summed E-state index contributed by atoms with van der Waals surface area (Å²) in [6.45, 7) is 3.89. The van der Waals surface area contributed by atoms with Crippen molar-refractivity contribution in [3.63, 3.8) is 0 Å². The lowest BCUT2D eigenvalue weighted by Crippen LogP contribution is -2.29. The standard InChI is InChI=1S/C21H25N3O2/c1-17(26-22-16-18-8-4-2-5-9-18)21(25)23-19-10-12-20(13-11-19)24-14-6-3-7-15-24/h2,4-5,8-13,16-17H,3,6-7,14-15H2,1H3,(H,23,25)/b22-16-/t17-/m0/s1. The largest absolute Gasteiger partial charge is 0.383 e. The molecule has 0 aromatic heterocycles. The molecule has 3 rings (SSSR count). The number of hydrogen-bond acceptors (Lipinski definition) is 4. The summed E-state index contributed by atoms with van der Waals surface area (Å²) in [4.78, 5) is 19.9. The van der Waals surface area contributed by atoms with Crippen LogP contribution in [-0.4, -0.2) is 31.3 Å². The van der Waals surface area contributed by atoms with Crippen molar-refractivity contribution in [2.24, 2.45) is 5.16 Å². The summed E-state index contributed by atoms with van der Waals surface area (Å²) in [6.07, 6.45) is 4.73. The average molecular weight is 351 g/mol. The van der Waals surface area contributed by atoms with Crippen LogP contribution in [0.5, 0.6) is 0 Å². The van der Waals surface area contributed by atoms with Crippen LogP contribution in [0.2, 0.25) is 0 Å². The van der Waals surface area contributed by atoms with E-state index >= 15 is 0 Å². The Balaban J connectivity index is 1.49. The molecule has 1 aliphatic rings. The maximum atomic E-state index is 12.2. The first-order valence-corrected chi connectivity index (χ1v) is 9.12. The fourth-order valence-electron chi connectivity index (χ4n) is 2.92. The number of carbonyl (C=O) groups excluding carboxylic acids is 1. The summed E-state index contributed by atoms with van der Waals surface area (Å²) in [7, 11) is 0. The molecule has 26 heavy (non-hydrogen) atoms. The van der Waals surface area contributed by atoms with E-state index in [1.807, 2.05) is 42.5 Å². The van der Waals surface area contributed by atoms with Crippen LogP contribution in [-0.2, 0) is 9.63 Å². The van der Waals surface area contributed by atoms with Gasteiger partial charge in [-0.25, -0.2) is 0 Å². The number of nitrogens with one attached hydrogen (secondary N) is 1. The minimum atomic E-state index is -0.670. The van der Waals surface area contributed by atoms with Crippen LogP contribution >= 0.6 is 0 Å². The SMILES string of the molecule is C[C@H](O/N=C\c1ccccc1)C(=O)Nc1ccc(N2CCCCC2)cc1. The third-order valence-corrected chi connectivity index (χ3v) is 4.45. The molecule has 1 heterocycles. The van der Waals surface area contributed by atoms with Gasteiger partial charge in [-0.05, 0) is 56.0 Å². The predicted molar refractivity (Wildman–Crippen MR) is 106 cm³/mol. The number of piperidine rings is 1. The van der Waals surface area contributed by atoms with Crippen molar-refractivity contribution in [2.75, 3.05) is 23.3 Å². The maximum Gasteiger partial charge on any atom is 0.267 e. The Morgan fingerprint density at radius 3 is 2.46 bits per heavy atom. The zero-order valence-corrected chi connectivity index (χ0v) is 15.1. The fourth-order valence-corrected chi connectivity index (χ4v) is 2.92. The average Bonchev–Trinajstić information content (AvgIpc) is 2.70. The van der Waals surface area contributed by atoms with E-state index in [4.69, 9.17) is 4.84 Å². The Bertz CT molecular complexity index is 723. The van der Waals surface area contributed by atoms with Crippen LogP contribution in [0.15, 0.2) is 59.8 Å². The highest BCUT2D eigenvalue weighted by molar-refractivity contribution is 5.94. The molecule has 1 saturated heterocycles. The summed E-state index contributed by atoms with van der Waals surface area (Å²) in [6, 6.07) is 17.6. The van der Waals surface area contributed by atoms with Gasteiger partial charge in [0.1, 0.15) is 0 Å². The van der Waals surface area contributed by atoms with Gasteiger partial charge in [0, 0.05) is 24.5 Å². The Hall–Kier alpha value is -2.82. The number of amides is 1. The predicted octanol–water partition coefficient (Wildman–Crippen LogP) is 4.05. The van der Waals surface area contributed by atoms with E-state index in [0.717, 1.165) is 24.3 Å². The van der Waals surface area contributed by atoms with Crippen molar-refractivity contribution in [3.05, 3.63) is 60.2 Å². The molecule has 1 atom stereocenters. The van der Waals surface area contributed by atoms with Gasteiger partial charge in [0.15, 0.2) is 0 Å². The lowest BCUT2D eigenvalue weighted by molar-refractivity contribution is -0.126. The maximum absolute atomic E-state index is 12.2. The number of oxime groups is 1. The first-order chi connectivity index (χ1) is 12.7. The summed E-state index contributed by atoms with van der Waals surface area (Å²) in [5.41, 5.74) is 2.89. The number of rotatable bonds is 6. The van der Waals surface area contributed by atoms with E-state index < -0.39 is 6.10 Å². The second-order valence-corrected chi connectivity index (χ2v) is 6.48. The quantitative estimate of drug-likeness (QED) is 0.631. The number of hydrogen-bond donors (Lipinski definition) is 1. The molecule has 136 valence electrons. The minimum Gasteiger partial charge on any atom is -0.383 e. The molecule has 1 N–H and O–H groups in total. The summed E-state index contributed by atoms with van der Waals surface area (Å²) in [5, 5.41) is 6.75. The van der Waals surface area contributed by atoms with Crippen LogP contribution in [0.4, 0.5) is 11.4 Å². The minimum absolute atomic E-state index is 0.221. The van der Waals surface area contributed by atoms with Gasteiger partial charge in [0.05, 0.1) is 6.21 Å². The first kappa shape index (κ1) is 18.0. The lowest BCUT2D eigenvalue weighted by Gasteiger charge is -2.28. The van der Waals surface area contributed by atoms with Crippen LogP contribution < -0.4 is 10.2 Å². The Morgan fingerprint density at radius 1 is 1.08 bits per heavy atom. The molecule has 2 aromatic rings. The Labute approximate surface area is 154 Å². The molecular formula is C21H25N3O2. The number of nitrogens with zero attached hydrogens (tertiary/aromatic N) is 2. The molecule has 5 nitrogen and oxygen atoms in total. The smallest absolute Gasteiger partial charge is 0.267 e. The van der Waals surface area contributed by atoms with Gasteiger partial charge in [-0.2, -0.15) is 0 Å². The molecular weight excluding hydrogens is 326 g/mol. The van der Waals surface area contributed by atoms with Crippen molar-refractivity contribution in [3.8, 4) is 0 Å². The second-order valence-electron chi connectivity index (χ2n) is 6.48. The fraction of sp³-hybridized carbons (Fsp3) is 0.333. The van der Waals surface area contributed by atoms with Crippen molar-refractivity contribution >= 4 is 23.5 Å². The summed E-state index contributed by atoms with van der Waals surface area (Å²) >= 11 is 0. The van der Waals surface area contributed by atoms with E-state index in [1.54, 1.807) is 13.1 Å². The highest BCUT2D eigenvalue weighted by Gasteiger charge is 2.15. The molecule has 0 saturated carbocycles. The molecule has 0 spiro atoms. The van der Waals surface area contributed by atoms with Gasteiger partial charge < -0.3 is 15.1 Å². The van der Waals surface area contributed by atoms with Crippen LogP contribution in [0.3, 0.4) is 0 Å². The second kappa shape index (κ2) is 9.04. The van der Waals surface area contributed by atoms with Gasteiger partial charge >= 0.3 is 0 Å². The third kappa shape index (κ3) is 5.09. The van der Waals surface area contributed by atoms with Crippen LogP contribution in [0.1, 0.15) is 31.7 Å². The number of benzene rings is 2. The number of carbonyl (C=O) groups is 1. The van der Waals surface area contributed by atoms with Crippen molar-refractivity contribution < 1.29 is 9.63 Å². The van der Waals surface area contributed by atoms with Gasteiger partial charge in [-0.1, -0.05) is 35.5 Å². The molecule has 1 fully saturated rings. The molecule has 0 unspecified atom stereocenters. The molecule has 0 bridgehead atoms. The lowest BCUT2D eigenvalue weighted by atomic mass is 10.1. The van der Waals surface area contributed by atoms with E-state index in [9.17, 15) is 4.79 Å².